The summed E-state index contributed by atoms with van der Waals surface area (Å²) in [6.45, 7) is 1.77. The molecule has 0 amide bonds. The van der Waals surface area contributed by atoms with Crippen LogP contribution in [0.4, 0.5) is 0 Å². The highest BCUT2D eigenvalue weighted by molar-refractivity contribution is 5.92. The van der Waals surface area contributed by atoms with Crippen molar-refractivity contribution in [2.75, 3.05) is 6.61 Å². The van der Waals surface area contributed by atoms with E-state index < -0.39 is 23.1 Å². The smallest absolute Gasteiger partial charge is 0.340 e. The SMILES string of the molecule is CCOC(=O)C1=C(N)Oc2c(c(=O)n(C)c(=O)n2C)[C@@H]1c1ccco1. The van der Waals surface area contributed by atoms with Crippen LogP contribution in [0.25, 0.3) is 0 Å². The fraction of sp³-hybridized carbons (Fsp3) is 0.312. The molecule has 0 radical (unpaired) electrons. The largest absolute Gasteiger partial charge is 0.468 e. The number of nitrogens with zero attached hydrogens (tertiary/aromatic N) is 2. The van der Waals surface area contributed by atoms with Gasteiger partial charge in [-0.15, -0.1) is 0 Å². The summed E-state index contributed by atoms with van der Waals surface area (Å²) in [5, 5.41) is 0. The molecule has 1 aliphatic heterocycles. The summed E-state index contributed by atoms with van der Waals surface area (Å²) in [5.41, 5.74) is 4.78. The molecule has 2 N–H and O–H groups in total. The van der Waals surface area contributed by atoms with Crippen molar-refractivity contribution in [3.63, 3.8) is 0 Å². The maximum Gasteiger partial charge on any atom is 0.340 e. The number of rotatable bonds is 3. The fourth-order valence-electron chi connectivity index (χ4n) is 2.84. The predicted octanol–water partition coefficient (Wildman–Crippen LogP) is -0.0653. The van der Waals surface area contributed by atoms with E-state index in [1.807, 2.05) is 0 Å². The summed E-state index contributed by atoms with van der Waals surface area (Å²) in [7, 11) is 2.79. The van der Waals surface area contributed by atoms with Gasteiger partial charge in [0, 0.05) is 14.1 Å². The molecule has 0 fully saturated rings. The molecule has 3 rings (SSSR count). The van der Waals surface area contributed by atoms with E-state index >= 15 is 0 Å². The van der Waals surface area contributed by atoms with Gasteiger partial charge in [0.05, 0.1) is 24.4 Å². The van der Waals surface area contributed by atoms with Crippen molar-refractivity contribution >= 4 is 5.97 Å². The van der Waals surface area contributed by atoms with E-state index in [9.17, 15) is 14.4 Å². The second kappa shape index (κ2) is 6.00. The van der Waals surface area contributed by atoms with Gasteiger partial charge in [-0.2, -0.15) is 0 Å². The molecule has 9 nitrogen and oxygen atoms in total. The molecule has 2 aromatic rings. The predicted molar refractivity (Wildman–Crippen MR) is 85.9 cm³/mol. The van der Waals surface area contributed by atoms with E-state index in [0.717, 1.165) is 9.13 Å². The van der Waals surface area contributed by atoms with Crippen LogP contribution in [-0.2, 0) is 23.6 Å². The van der Waals surface area contributed by atoms with Gasteiger partial charge in [-0.3, -0.25) is 13.9 Å². The van der Waals surface area contributed by atoms with Crippen LogP contribution >= 0.6 is 0 Å². The van der Waals surface area contributed by atoms with E-state index in [0.29, 0.717) is 5.76 Å². The second-order valence-electron chi connectivity index (χ2n) is 5.47. The highest BCUT2D eigenvalue weighted by Gasteiger charge is 2.41. The van der Waals surface area contributed by atoms with E-state index in [4.69, 9.17) is 19.6 Å². The highest BCUT2D eigenvalue weighted by atomic mass is 16.5. The molecule has 0 bridgehead atoms. The van der Waals surface area contributed by atoms with Gasteiger partial charge < -0.3 is 19.6 Å². The van der Waals surface area contributed by atoms with Crippen molar-refractivity contribution in [1.29, 1.82) is 0 Å². The maximum absolute atomic E-state index is 12.7. The van der Waals surface area contributed by atoms with Gasteiger partial charge in [-0.05, 0) is 19.1 Å². The van der Waals surface area contributed by atoms with Crippen LogP contribution < -0.4 is 21.7 Å². The Morgan fingerprint density at radius 2 is 2.04 bits per heavy atom. The molecule has 2 aromatic heterocycles. The standard InChI is InChI=1S/C16H17N3O6/c1-4-23-15(21)10-9(8-6-5-7-24-8)11-13(20)18(2)16(22)19(3)14(11)25-12(10)17/h5-7,9H,4,17H2,1-3H3/t9-/m1/s1. The van der Waals surface area contributed by atoms with Gasteiger partial charge >= 0.3 is 11.7 Å². The van der Waals surface area contributed by atoms with Gasteiger partial charge in [-0.1, -0.05) is 0 Å². The summed E-state index contributed by atoms with van der Waals surface area (Å²) < 4.78 is 18.0. The average molecular weight is 347 g/mol. The first-order valence-electron chi connectivity index (χ1n) is 7.56. The summed E-state index contributed by atoms with van der Waals surface area (Å²) in [4.78, 5) is 37.3. The van der Waals surface area contributed by atoms with Crippen molar-refractivity contribution in [1.82, 2.24) is 9.13 Å². The van der Waals surface area contributed by atoms with Crippen molar-refractivity contribution in [2.24, 2.45) is 19.8 Å². The third-order valence-electron chi connectivity index (χ3n) is 4.02. The summed E-state index contributed by atoms with van der Waals surface area (Å²) in [6, 6.07) is 3.23. The fourth-order valence-corrected chi connectivity index (χ4v) is 2.84. The van der Waals surface area contributed by atoms with Crippen LogP contribution in [0.1, 0.15) is 24.2 Å². The van der Waals surface area contributed by atoms with Gasteiger partial charge in [0.2, 0.25) is 11.8 Å². The lowest BCUT2D eigenvalue weighted by atomic mass is 9.88. The molecule has 1 aliphatic rings. The molecule has 3 heterocycles. The van der Waals surface area contributed by atoms with E-state index in [-0.39, 0.29) is 29.5 Å². The molecule has 132 valence electrons. The number of esters is 1. The molecule has 0 spiro atoms. The molecule has 9 heteroatoms. The van der Waals surface area contributed by atoms with E-state index in [1.165, 1.54) is 20.4 Å². The quantitative estimate of drug-likeness (QED) is 0.772. The van der Waals surface area contributed by atoms with Gasteiger partial charge in [-0.25, -0.2) is 9.59 Å². The first-order chi connectivity index (χ1) is 11.9. The Morgan fingerprint density at radius 1 is 1.32 bits per heavy atom. The molecule has 0 aromatic carbocycles. The van der Waals surface area contributed by atoms with Crippen LogP contribution in [0.2, 0.25) is 0 Å². The molecule has 0 saturated heterocycles. The lowest BCUT2D eigenvalue weighted by Gasteiger charge is -2.27. The number of nitrogens with two attached hydrogens (primary N) is 1. The number of furan rings is 1. The Kier molecular flexibility index (Phi) is 3.99. The molecule has 0 saturated carbocycles. The number of hydrogen-bond donors (Lipinski definition) is 1. The third-order valence-corrected chi connectivity index (χ3v) is 4.02. The highest BCUT2D eigenvalue weighted by Crippen LogP contribution is 2.40. The zero-order chi connectivity index (χ0) is 18.3. The Bertz CT molecular complexity index is 981. The zero-order valence-corrected chi connectivity index (χ0v) is 13.9. The lowest BCUT2D eigenvalue weighted by Crippen LogP contribution is -2.43. The Balaban J connectivity index is 2.36. The zero-order valence-electron chi connectivity index (χ0n) is 13.9. The minimum atomic E-state index is -0.941. The Morgan fingerprint density at radius 3 is 2.64 bits per heavy atom. The Labute approximate surface area is 141 Å². The van der Waals surface area contributed by atoms with Crippen LogP contribution in [0, 0.1) is 0 Å². The first kappa shape index (κ1) is 16.6. The van der Waals surface area contributed by atoms with Crippen LogP contribution in [0.15, 0.2) is 43.9 Å². The van der Waals surface area contributed by atoms with Crippen molar-refractivity contribution in [2.45, 2.75) is 12.8 Å². The topological polar surface area (TPSA) is 119 Å². The van der Waals surface area contributed by atoms with Gasteiger partial charge in [0.1, 0.15) is 11.3 Å². The summed E-state index contributed by atoms with van der Waals surface area (Å²) in [5.74, 6) is -1.62. The van der Waals surface area contributed by atoms with Crippen molar-refractivity contribution in [3.8, 4) is 5.88 Å². The number of fused-ring (bicyclic) bond motifs is 1. The molecule has 25 heavy (non-hydrogen) atoms. The molecule has 0 unspecified atom stereocenters. The van der Waals surface area contributed by atoms with Crippen molar-refractivity contribution < 1.29 is 18.7 Å². The minimum absolute atomic E-state index is 0.0277. The minimum Gasteiger partial charge on any atom is -0.468 e. The van der Waals surface area contributed by atoms with E-state index in [1.54, 1.807) is 19.1 Å². The number of hydrogen-bond acceptors (Lipinski definition) is 7. The van der Waals surface area contributed by atoms with Crippen LogP contribution in [-0.4, -0.2) is 21.7 Å². The first-order valence-corrected chi connectivity index (χ1v) is 7.56. The number of carbonyl (C=O) groups excluding carboxylic acids is 1. The normalized spacial score (nSPS) is 16.4. The number of aromatic nitrogens is 2. The number of carbonyl (C=O) groups is 1. The maximum atomic E-state index is 12.7. The monoisotopic (exact) mass is 347 g/mol. The average Bonchev–Trinajstić information content (AvgIpc) is 3.11. The molecule has 1 atom stereocenters. The van der Waals surface area contributed by atoms with Gasteiger partial charge in [0.15, 0.2) is 0 Å². The molecular weight excluding hydrogens is 330 g/mol. The van der Waals surface area contributed by atoms with Crippen LogP contribution in [0.3, 0.4) is 0 Å². The second-order valence-corrected chi connectivity index (χ2v) is 5.47. The Hall–Kier alpha value is -3.23. The number of ether oxygens (including phenoxy) is 2. The van der Waals surface area contributed by atoms with Gasteiger partial charge in [0.25, 0.3) is 5.56 Å². The van der Waals surface area contributed by atoms with Crippen LogP contribution in [0.5, 0.6) is 5.88 Å². The lowest BCUT2D eigenvalue weighted by molar-refractivity contribution is -0.139. The van der Waals surface area contributed by atoms with E-state index in [2.05, 4.69) is 0 Å². The van der Waals surface area contributed by atoms with Crippen molar-refractivity contribution in [3.05, 3.63) is 62.0 Å². The molecular formula is C16H17N3O6. The summed E-state index contributed by atoms with van der Waals surface area (Å²) >= 11 is 0. The molecule has 0 aliphatic carbocycles. The third kappa shape index (κ3) is 2.44. The summed E-state index contributed by atoms with van der Waals surface area (Å²) in [6.07, 6.45) is 1.41.